The van der Waals surface area contributed by atoms with Crippen molar-refractivity contribution in [3.05, 3.63) is 35.6 Å². The zero-order chi connectivity index (χ0) is 18.8. The molecule has 3 saturated heterocycles. The van der Waals surface area contributed by atoms with Gasteiger partial charge in [0.15, 0.2) is 0 Å². The van der Waals surface area contributed by atoms with Crippen LogP contribution in [0, 0.1) is 5.82 Å². The molecule has 0 radical (unpaired) electrons. The van der Waals surface area contributed by atoms with Crippen molar-refractivity contribution in [2.24, 2.45) is 0 Å². The molecule has 0 aliphatic carbocycles. The molecule has 6 nitrogen and oxygen atoms in total. The fourth-order valence-corrected chi connectivity index (χ4v) is 4.24. The van der Waals surface area contributed by atoms with Crippen molar-refractivity contribution in [1.82, 2.24) is 20.0 Å². The smallest absolute Gasteiger partial charge is 0.319 e. The number of hydrogen-bond donors (Lipinski definition) is 1. The van der Waals surface area contributed by atoms with Crippen LogP contribution in [0.3, 0.4) is 0 Å². The average molecular weight is 374 g/mol. The molecule has 1 N–H and O–H groups in total. The van der Waals surface area contributed by atoms with Gasteiger partial charge in [-0.15, -0.1) is 0 Å². The maximum Gasteiger partial charge on any atom is 0.319 e. The van der Waals surface area contributed by atoms with Gasteiger partial charge in [-0.1, -0.05) is 12.1 Å². The maximum absolute atomic E-state index is 13.1. The van der Waals surface area contributed by atoms with E-state index in [-0.39, 0.29) is 30.0 Å². The van der Waals surface area contributed by atoms with E-state index in [0.717, 1.165) is 57.3 Å². The molecule has 1 atom stereocenters. The Morgan fingerprint density at radius 1 is 0.889 bits per heavy atom. The van der Waals surface area contributed by atoms with Crippen molar-refractivity contribution in [2.75, 3.05) is 32.7 Å². The Morgan fingerprint density at radius 2 is 1.52 bits per heavy atom. The van der Waals surface area contributed by atoms with Gasteiger partial charge in [0.2, 0.25) is 0 Å². The summed E-state index contributed by atoms with van der Waals surface area (Å²) in [4.78, 5) is 30.7. The van der Waals surface area contributed by atoms with Gasteiger partial charge in [0.1, 0.15) is 5.82 Å². The van der Waals surface area contributed by atoms with Gasteiger partial charge in [-0.05, 0) is 49.8 Å². The zero-order valence-electron chi connectivity index (χ0n) is 15.6. The summed E-state index contributed by atoms with van der Waals surface area (Å²) in [5.41, 5.74) is 0.976. The van der Waals surface area contributed by atoms with Crippen LogP contribution in [0.15, 0.2) is 24.3 Å². The van der Waals surface area contributed by atoms with Gasteiger partial charge < -0.3 is 20.0 Å². The minimum Gasteiger partial charge on any atom is -0.335 e. The van der Waals surface area contributed by atoms with Gasteiger partial charge in [-0.2, -0.15) is 0 Å². The first-order valence-corrected chi connectivity index (χ1v) is 9.98. The van der Waals surface area contributed by atoms with E-state index < -0.39 is 0 Å². The first-order valence-electron chi connectivity index (χ1n) is 9.98. The van der Waals surface area contributed by atoms with Crippen molar-refractivity contribution < 1.29 is 14.0 Å². The Bertz CT molecular complexity index is 682. The van der Waals surface area contributed by atoms with E-state index in [1.54, 1.807) is 12.1 Å². The van der Waals surface area contributed by atoms with Crippen LogP contribution in [-0.4, -0.2) is 65.5 Å². The number of amides is 4. The van der Waals surface area contributed by atoms with Crippen LogP contribution >= 0.6 is 0 Å². The second-order valence-corrected chi connectivity index (χ2v) is 7.74. The third kappa shape index (κ3) is 3.87. The number of benzene rings is 1. The van der Waals surface area contributed by atoms with E-state index in [4.69, 9.17) is 0 Å². The van der Waals surface area contributed by atoms with Gasteiger partial charge in [-0.25, -0.2) is 14.0 Å². The summed E-state index contributed by atoms with van der Waals surface area (Å²) in [5, 5.41) is 3.12. The highest BCUT2D eigenvalue weighted by Crippen LogP contribution is 2.33. The molecule has 3 aliphatic heterocycles. The molecule has 146 valence electrons. The summed E-state index contributed by atoms with van der Waals surface area (Å²) >= 11 is 0. The van der Waals surface area contributed by atoms with Crippen LogP contribution in [0.4, 0.5) is 14.0 Å². The maximum atomic E-state index is 13.1. The predicted molar refractivity (Wildman–Crippen MR) is 99.8 cm³/mol. The molecule has 27 heavy (non-hydrogen) atoms. The number of carbonyl (C=O) groups excluding carboxylic acids is 2. The Kier molecular flexibility index (Phi) is 5.18. The number of nitrogens with one attached hydrogen (secondary N) is 1. The highest BCUT2D eigenvalue weighted by atomic mass is 19.1. The van der Waals surface area contributed by atoms with Crippen LogP contribution in [0.5, 0.6) is 0 Å². The molecular weight excluding hydrogens is 347 g/mol. The lowest BCUT2D eigenvalue weighted by Gasteiger charge is -2.42. The average Bonchev–Trinajstić information content (AvgIpc) is 3.17. The monoisotopic (exact) mass is 374 g/mol. The minimum atomic E-state index is -0.260. The van der Waals surface area contributed by atoms with Crippen molar-refractivity contribution in [3.63, 3.8) is 0 Å². The largest absolute Gasteiger partial charge is 0.335 e. The van der Waals surface area contributed by atoms with Crippen molar-refractivity contribution in [1.29, 1.82) is 0 Å². The first-order chi connectivity index (χ1) is 13.1. The first kappa shape index (κ1) is 18.1. The molecule has 4 amide bonds. The summed E-state index contributed by atoms with van der Waals surface area (Å²) < 4.78 is 13.1. The molecule has 1 aromatic carbocycles. The van der Waals surface area contributed by atoms with Crippen molar-refractivity contribution >= 4 is 12.1 Å². The molecule has 3 aliphatic rings. The number of hydrogen-bond acceptors (Lipinski definition) is 2. The molecule has 7 heteroatoms. The number of likely N-dealkylation sites (tertiary alicyclic amines) is 3. The minimum absolute atomic E-state index is 0.0300. The highest BCUT2D eigenvalue weighted by Gasteiger charge is 2.35. The molecule has 3 fully saturated rings. The van der Waals surface area contributed by atoms with E-state index in [9.17, 15) is 14.0 Å². The number of nitrogens with zero attached hydrogens (tertiary/aromatic N) is 3. The third-order valence-corrected chi connectivity index (χ3v) is 6.00. The molecule has 4 rings (SSSR count). The SMILES string of the molecule is O=C(N1CCCC1)N1CCC(NC(=O)N2CCC2c2ccc(F)cc2)CC1. The Labute approximate surface area is 159 Å². The van der Waals surface area contributed by atoms with Gasteiger partial charge in [0.05, 0.1) is 6.04 Å². The second-order valence-electron chi connectivity index (χ2n) is 7.74. The lowest BCUT2D eigenvalue weighted by Crippen LogP contribution is -2.55. The van der Waals surface area contributed by atoms with E-state index in [1.807, 2.05) is 14.7 Å². The summed E-state index contributed by atoms with van der Waals surface area (Å²) in [6.07, 6.45) is 4.69. The summed E-state index contributed by atoms with van der Waals surface area (Å²) in [6, 6.07) is 6.62. The van der Waals surface area contributed by atoms with E-state index in [1.165, 1.54) is 12.1 Å². The van der Waals surface area contributed by atoms with Crippen LogP contribution in [-0.2, 0) is 0 Å². The van der Waals surface area contributed by atoms with Crippen molar-refractivity contribution in [3.8, 4) is 0 Å². The van der Waals surface area contributed by atoms with Crippen LogP contribution in [0.25, 0.3) is 0 Å². The van der Waals surface area contributed by atoms with Gasteiger partial charge in [0.25, 0.3) is 0 Å². The summed E-state index contributed by atoms with van der Waals surface area (Å²) in [5.74, 6) is -0.260. The Hall–Kier alpha value is -2.31. The van der Waals surface area contributed by atoms with E-state index in [0.29, 0.717) is 13.1 Å². The van der Waals surface area contributed by atoms with Gasteiger partial charge >= 0.3 is 12.1 Å². The summed E-state index contributed by atoms with van der Waals surface area (Å²) in [6.45, 7) is 3.86. The fraction of sp³-hybridized carbons (Fsp3) is 0.600. The molecule has 1 aromatic rings. The molecule has 0 saturated carbocycles. The third-order valence-electron chi connectivity index (χ3n) is 6.00. The highest BCUT2D eigenvalue weighted by molar-refractivity contribution is 5.76. The number of piperidine rings is 1. The van der Waals surface area contributed by atoms with Gasteiger partial charge in [-0.3, -0.25) is 0 Å². The lowest BCUT2D eigenvalue weighted by molar-refractivity contribution is 0.107. The zero-order valence-corrected chi connectivity index (χ0v) is 15.6. The lowest BCUT2D eigenvalue weighted by atomic mass is 9.95. The van der Waals surface area contributed by atoms with Crippen molar-refractivity contribution in [2.45, 2.75) is 44.2 Å². The number of carbonyl (C=O) groups is 2. The van der Waals surface area contributed by atoms with Crippen LogP contribution in [0.2, 0.25) is 0 Å². The molecule has 0 spiro atoms. The van der Waals surface area contributed by atoms with E-state index >= 15 is 0 Å². The van der Waals surface area contributed by atoms with E-state index in [2.05, 4.69) is 5.32 Å². The predicted octanol–water partition coefficient (Wildman–Crippen LogP) is 2.96. The normalized spacial score (nSPS) is 23.3. The standard InChI is InChI=1S/C20H27FN4O2/c21-16-5-3-15(4-6-16)18-9-14-25(18)19(26)22-17-7-12-24(13-8-17)20(27)23-10-1-2-11-23/h3-6,17-18H,1-2,7-14H2,(H,22,26). The number of urea groups is 2. The molecular formula is C20H27FN4O2. The second kappa shape index (κ2) is 7.74. The summed E-state index contributed by atoms with van der Waals surface area (Å²) in [7, 11) is 0. The topological polar surface area (TPSA) is 55.9 Å². The van der Waals surface area contributed by atoms with Gasteiger partial charge in [0, 0.05) is 38.8 Å². The quantitative estimate of drug-likeness (QED) is 0.865. The number of halogens is 1. The Balaban J connectivity index is 1.26. The van der Waals surface area contributed by atoms with Crippen LogP contribution in [0.1, 0.15) is 43.7 Å². The molecule has 1 unspecified atom stereocenters. The molecule has 0 bridgehead atoms. The number of rotatable bonds is 2. The molecule has 0 aromatic heterocycles. The fourth-order valence-electron chi connectivity index (χ4n) is 4.24. The Morgan fingerprint density at radius 3 is 2.11 bits per heavy atom. The molecule has 3 heterocycles. The van der Waals surface area contributed by atoms with Crippen LogP contribution < -0.4 is 5.32 Å².